The molecule has 0 aromatic rings. The molecule has 15 heavy (non-hydrogen) atoms. The molecule has 4 nitrogen and oxygen atoms in total. The Balaban J connectivity index is 1.84. The molecule has 4 heteroatoms. The molecule has 86 valence electrons. The van der Waals surface area contributed by atoms with Crippen molar-refractivity contribution in [2.75, 3.05) is 39.8 Å². The molecule has 0 spiro atoms. The Morgan fingerprint density at radius 2 is 1.93 bits per heavy atom. The van der Waals surface area contributed by atoms with Crippen molar-refractivity contribution in [1.82, 2.24) is 15.1 Å². The maximum atomic E-state index is 11.2. The summed E-state index contributed by atoms with van der Waals surface area (Å²) < 4.78 is 0. The minimum Gasteiger partial charge on any atom is -0.355 e. The van der Waals surface area contributed by atoms with Crippen molar-refractivity contribution in [2.45, 2.75) is 25.3 Å². The lowest BCUT2D eigenvalue weighted by Gasteiger charge is -2.36. The van der Waals surface area contributed by atoms with Crippen LogP contribution in [0.5, 0.6) is 0 Å². The molecule has 2 fully saturated rings. The summed E-state index contributed by atoms with van der Waals surface area (Å²) in [7, 11) is 2.18. The van der Waals surface area contributed by atoms with E-state index in [1.165, 1.54) is 25.9 Å². The number of piperidine rings is 1. The van der Waals surface area contributed by atoms with Gasteiger partial charge in [0.25, 0.3) is 0 Å². The predicted octanol–water partition coefficient (Wildman–Crippen LogP) is -0.0975. The van der Waals surface area contributed by atoms with Crippen LogP contribution in [0.4, 0.5) is 0 Å². The van der Waals surface area contributed by atoms with Crippen LogP contribution in [0.15, 0.2) is 0 Å². The van der Waals surface area contributed by atoms with E-state index in [4.69, 9.17) is 0 Å². The second kappa shape index (κ2) is 4.94. The van der Waals surface area contributed by atoms with E-state index in [0.29, 0.717) is 12.5 Å². The maximum absolute atomic E-state index is 11.2. The molecular formula is C11H21N3O. The molecule has 0 atom stereocenters. The van der Waals surface area contributed by atoms with Crippen LogP contribution in [-0.2, 0) is 4.79 Å². The van der Waals surface area contributed by atoms with Crippen molar-refractivity contribution >= 4 is 5.91 Å². The van der Waals surface area contributed by atoms with Crippen LogP contribution in [-0.4, -0.2) is 61.5 Å². The average molecular weight is 211 g/mol. The standard InChI is InChI=1S/C11H21N3O/c1-13-6-2-10(3-7-13)14-8-4-11(15)12-5-9-14/h10H,2-9H2,1H3,(H,12,15). The zero-order chi connectivity index (χ0) is 10.7. The Morgan fingerprint density at radius 3 is 2.67 bits per heavy atom. The zero-order valence-electron chi connectivity index (χ0n) is 9.54. The molecule has 0 aromatic heterocycles. The van der Waals surface area contributed by atoms with Crippen LogP contribution in [0.1, 0.15) is 19.3 Å². The summed E-state index contributed by atoms with van der Waals surface area (Å²) in [4.78, 5) is 16.1. The van der Waals surface area contributed by atoms with Gasteiger partial charge in [0.1, 0.15) is 0 Å². The lowest BCUT2D eigenvalue weighted by molar-refractivity contribution is -0.120. The second-order valence-corrected chi connectivity index (χ2v) is 4.67. The van der Waals surface area contributed by atoms with E-state index in [9.17, 15) is 4.79 Å². The van der Waals surface area contributed by atoms with Gasteiger partial charge >= 0.3 is 0 Å². The number of nitrogens with one attached hydrogen (secondary N) is 1. The fourth-order valence-corrected chi connectivity index (χ4v) is 2.51. The summed E-state index contributed by atoms with van der Waals surface area (Å²) in [6.07, 6.45) is 3.18. The highest BCUT2D eigenvalue weighted by Gasteiger charge is 2.24. The molecule has 0 saturated carbocycles. The van der Waals surface area contributed by atoms with E-state index in [2.05, 4.69) is 22.2 Å². The van der Waals surface area contributed by atoms with Crippen molar-refractivity contribution in [2.24, 2.45) is 0 Å². The SMILES string of the molecule is CN1CCC(N2CCNC(=O)CC2)CC1. The van der Waals surface area contributed by atoms with Crippen LogP contribution in [0.3, 0.4) is 0 Å². The van der Waals surface area contributed by atoms with E-state index < -0.39 is 0 Å². The number of carbonyl (C=O) groups is 1. The summed E-state index contributed by atoms with van der Waals surface area (Å²) >= 11 is 0. The number of likely N-dealkylation sites (tertiary alicyclic amines) is 1. The van der Waals surface area contributed by atoms with E-state index >= 15 is 0 Å². The summed E-state index contributed by atoms with van der Waals surface area (Å²) in [5.41, 5.74) is 0. The first-order valence-electron chi connectivity index (χ1n) is 5.95. The van der Waals surface area contributed by atoms with E-state index in [1.807, 2.05) is 0 Å². The first-order valence-corrected chi connectivity index (χ1v) is 5.95. The Kier molecular flexibility index (Phi) is 3.59. The van der Waals surface area contributed by atoms with Crippen LogP contribution in [0, 0.1) is 0 Å². The summed E-state index contributed by atoms with van der Waals surface area (Å²) in [5.74, 6) is 0.213. The van der Waals surface area contributed by atoms with Crippen molar-refractivity contribution in [1.29, 1.82) is 0 Å². The summed E-state index contributed by atoms with van der Waals surface area (Å²) in [6, 6.07) is 0.703. The van der Waals surface area contributed by atoms with Crippen LogP contribution in [0.25, 0.3) is 0 Å². The quantitative estimate of drug-likeness (QED) is 0.658. The predicted molar refractivity (Wildman–Crippen MR) is 59.7 cm³/mol. The third-order valence-electron chi connectivity index (χ3n) is 3.55. The monoisotopic (exact) mass is 211 g/mol. The normalized spacial score (nSPS) is 27.4. The molecule has 0 bridgehead atoms. The topological polar surface area (TPSA) is 35.6 Å². The molecule has 2 heterocycles. The van der Waals surface area contributed by atoms with Gasteiger partial charge in [0.2, 0.25) is 5.91 Å². The number of hydrogen-bond donors (Lipinski definition) is 1. The van der Waals surface area contributed by atoms with Crippen molar-refractivity contribution in [3.63, 3.8) is 0 Å². The summed E-state index contributed by atoms with van der Waals surface area (Å²) in [5, 5.41) is 2.93. The van der Waals surface area contributed by atoms with Crippen molar-refractivity contribution < 1.29 is 4.79 Å². The van der Waals surface area contributed by atoms with Gasteiger partial charge in [-0.15, -0.1) is 0 Å². The Bertz CT molecular complexity index is 224. The van der Waals surface area contributed by atoms with Crippen LogP contribution >= 0.6 is 0 Å². The van der Waals surface area contributed by atoms with Gasteiger partial charge in [-0.3, -0.25) is 9.69 Å². The lowest BCUT2D eigenvalue weighted by Crippen LogP contribution is -2.44. The van der Waals surface area contributed by atoms with Gasteiger partial charge in [-0.1, -0.05) is 0 Å². The highest BCUT2D eigenvalue weighted by Crippen LogP contribution is 2.16. The van der Waals surface area contributed by atoms with Crippen LogP contribution < -0.4 is 5.32 Å². The third kappa shape index (κ3) is 2.92. The van der Waals surface area contributed by atoms with Crippen molar-refractivity contribution in [3.05, 3.63) is 0 Å². The molecule has 1 N–H and O–H groups in total. The number of hydrogen-bond acceptors (Lipinski definition) is 3. The fraction of sp³-hybridized carbons (Fsp3) is 0.909. The number of carbonyl (C=O) groups excluding carboxylic acids is 1. The molecule has 0 aliphatic carbocycles. The minimum atomic E-state index is 0.213. The van der Waals surface area contributed by atoms with E-state index in [-0.39, 0.29) is 5.91 Å². The largest absolute Gasteiger partial charge is 0.355 e. The van der Waals surface area contributed by atoms with Gasteiger partial charge < -0.3 is 10.2 Å². The average Bonchev–Trinajstić information content (AvgIpc) is 2.44. The first-order chi connectivity index (χ1) is 7.25. The number of nitrogens with zero attached hydrogens (tertiary/aromatic N) is 2. The molecule has 0 aromatic carbocycles. The molecule has 2 rings (SSSR count). The Morgan fingerprint density at radius 1 is 1.20 bits per heavy atom. The number of amides is 1. The molecule has 0 radical (unpaired) electrons. The minimum absolute atomic E-state index is 0.213. The Hall–Kier alpha value is -0.610. The molecule has 2 aliphatic rings. The molecule has 0 unspecified atom stereocenters. The third-order valence-corrected chi connectivity index (χ3v) is 3.55. The highest BCUT2D eigenvalue weighted by molar-refractivity contribution is 5.76. The molecule has 1 amide bonds. The number of rotatable bonds is 1. The smallest absolute Gasteiger partial charge is 0.221 e. The fourth-order valence-electron chi connectivity index (χ4n) is 2.51. The lowest BCUT2D eigenvalue weighted by atomic mass is 10.0. The highest BCUT2D eigenvalue weighted by atomic mass is 16.1. The van der Waals surface area contributed by atoms with Gasteiger partial charge in [-0.25, -0.2) is 0 Å². The van der Waals surface area contributed by atoms with Gasteiger partial charge in [-0.2, -0.15) is 0 Å². The second-order valence-electron chi connectivity index (χ2n) is 4.67. The summed E-state index contributed by atoms with van der Waals surface area (Å²) in [6.45, 7) is 5.19. The van der Waals surface area contributed by atoms with Gasteiger partial charge in [0, 0.05) is 32.1 Å². The zero-order valence-corrected chi connectivity index (χ0v) is 9.54. The molecule has 2 saturated heterocycles. The van der Waals surface area contributed by atoms with E-state index in [1.54, 1.807) is 0 Å². The van der Waals surface area contributed by atoms with Gasteiger partial charge in [0.05, 0.1) is 0 Å². The van der Waals surface area contributed by atoms with Gasteiger partial charge in [0.15, 0.2) is 0 Å². The molecular weight excluding hydrogens is 190 g/mol. The van der Waals surface area contributed by atoms with Crippen molar-refractivity contribution in [3.8, 4) is 0 Å². The Labute approximate surface area is 91.6 Å². The van der Waals surface area contributed by atoms with E-state index in [0.717, 1.165) is 19.6 Å². The van der Waals surface area contributed by atoms with Crippen LogP contribution in [0.2, 0.25) is 0 Å². The van der Waals surface area contributed by atoms with Gasteiger partial charge in [-0.05, 0) is 33.0 Å². The first kappa shape index (κ1) is 10.9. The molecule has 2 aliphatic heterocycles. The maximum Gasteiger partial charge on any atom is 0.221 e.